The van der Waals surface area contributed by atoms with E-state index >= 15 is 0 Å². The van der Waals surface area contributed by atoms with Gasteiger partial charge in [-0.05, 0) is 48.7 Å². The molecule has 1 heterocycles. The van der Waals surface area contributed by atoms with E-state index in [1.54, 1.807) is 48.5 Å². The van der Waals surface area contributed by atoms with Gasteiger partial charge in [0.05, 0.1) is 12.7 Å². The lowest BCUT2D eigenvalue weighted by molar-refractivity contribution is -0.137. The van der Waals surface area contributed by atoms with Gasteiger partial charge in [0, 0.05) is 13.0 Å². The van der Waals surface area contributed by atoms with Gasteiger partial charge in [0.1, 0.15) is 11.4 Å². The van der Waals surface area contributed by atoms with Gasteiger partial charge in [-0.1, -0.05) is 24.6 Å². The smallest absolute Gasteiger partial charge is 0.303 e. The van der Waals surface area contributed by atoms with Gasteiger partial charge in [0.2, 0.25) is 6.79 Å². The first kappa shape index (κ1) is 23.6. The quantitative estimate of drug-likeness (QED) is 0.352. The highest BCUT2D eigenvalue weighted by atomic mass is 16.7. The van der Waals surface area contributed by atoms with Crippen LogP contribution in [0.2, 0.25) is 0 Å². The second kappa shape index (κ2) is 11.6. The minimum Gasteiger partial charge on any atom is -0.496 e. The molecular formula is C24H26N2O7. The van der Waals surface area contributed by atoms with Crippen LogP contribution in [0.1, 0.15) is 41.6 Å². The standard InChI is InChI=1S/C24H26N2O7/c1-31-19-8-5-4-7-17(19)23(29)26-18(24(30)25-12-6-2-3-9-22(27)28)13-16-10-11-20-21(14-16)33-15-32-20/h4-5,7-8,10-11,13-14H,2-3,6,9,12,15H2,1H3,(H,25,30)(H,26,29)(H,27,28)/b18-13-. The van der Waals surface area contributed by atoms with Crippen LogP contribution in [0.3, 0.4) is 0 Å². The summed E-state index contributed by atoms with van der Waals surface area (Å²) in [5.74, 6) is -0.246. The van der Waals surface area contributed by atoms with Gasteiger partial charge in [0.25, 0.3) is 11.8 Å². The van der Waals surface area contributed by atoms with Gasteiger partial charge >= 0.3 is 5.97 Å². The summed E-state index contributed by atoms with van der Waals surface area (Å²) >= 11 is 0. The number of methoxy groups -OCH3 is 1. The summed E-state index contributed by atoms with van der Waals surface area (Å²) in [5, 5.41) is 14.1. The van der Waals surface area contributed by atoms with E-state index in [-0.39, 0.29) is 24.5 Å². The summed E-state index contributed by atoms with van der Waals surface area (Å²) in [5.41, 5.74) is 0.986. The third-order valence-corrected chi connectivity index (χ3v) is 4.91. The van der Waals surface area contributed by atoms with Crippen molar-refractivity contribution in [1.82, 2.24) is 10.6 Å². The number of para-hydroxylation sites is 1. The molecule has 2 aromatic carbocycles. The molecule has 0 bridgehead atoms. The van der Waals surface area contributed by atoms with Crippen molar-refractivity contribution in [1.29, 1.82) is 0 Å². The van der Waals surface area contributed by atoms with Crippen LogP contribution in [0, 0.1) is 0 Å². The number of aliphatic carboxylic acids is 1. The topological polar surface area (TPSA) is 123 Å². The van der Waals surface area contributed by atoms with Gasteiger partial charge in [-0.2, -0.15) is 0 Å². The number of carbonyl (C=O) groups is 3. The van der Waals surface area contributed by atoms with E-state index < -0.39 is 17.8 Å². The van der Waals surface area contributed by atoms with Gasteiger partial charge in [-0.3, -0.25) is 14.4 Å². The van der Waals surface area contributed by atoms with Crippen molar-refractivity contribution in [3.63, 3.8) is 0 Å². The van der Waals surface area contributed by atoms with E-state index in [1.807, 2.05) is 0 Å². The number of carbonyl (C=O) groups excluding carboxylic acids is 2. The summed E-state index contributed by atoms with van der Waals surface area (Å²) in [7, 11) is 1.46. The normalized spacial score (nSPS) is 12.2. The Bertz CT molecular complexity index is 1050. The maximum absolute atomic E-state index is 12.9. The fourth-order valence-electron chi connectivity index (χ4n) is 3.22. The van der Waals surface area contributed by atoms with Crippen LogP contribution in [0.15, 0.2) is 48.2 Å². The van der Waals surface area contributed by atoms with Crippen molar-refractivity contribution in [2.75, 3.05) is 20.4 Å². The van der Waals surface area contributed by atoms with Crippen molar-refractivity contribution in [3.8, 4) is 17.2 Å². The molecule has 1 aliphatic heterocycles. The lowest BCUT2D eigenvalue weighted by Gasteiger charge is -2.13. The highest BCUT2D eigenvalue weighted by molar-refractivity contribution is 6.06. The number of carboxylic acid groups (broad SMARTS) is 1. The van der Waals surface area contributed by atoms with Crippen LogP contribution in [0.5, 0.6) is 17.2 Å². The number of hydrogen-bond donors (Lipinski definition) is 3. The van der Waals surface area contributed by atoms with Crippen LogP contribution in [0.25, 0.3) is 6.08 Å². The first-order chi connectivity index (χ1) is 16.0. The molecule has 9 heteroatoms. The number of carboxylic acids is 1. The van der Waals surface area contributed by atoms with Crippen molar-refractivity contribution in [2.24, 2.45) is 0 Å². The minimum absolute atomic E-state index is 0.0512. The van der Waals surface area contributed by atoms with Crippen LogP contribution < -0.4 is 24.8 Å². The van der Waals surface area contributed by atoms with E-state index in [0.717, 1.165) is 0 Å². The summed E-state index contributed by atoms with van der Waals surface area (Å²) < 4.78 is 15.9. The monoisotopic (exact) mass is 454 g/mol. The zero-order chi connectivity index (χ0) is 23.6. The van der Waals surface area contributed by atoms with Crippen LogP contribution in [-0.4, -0.2) is 43.3 Å². The predicted molar refractivity (Wildman–Crippen MR) is 120 cm³/mol. The number of hydrogen-bond acceptors (Lipinski definition) is 6. The average molecular weight is 454 g/mol. The molecule has 3 N–H and O–H groups in total. The van der Waals surface area contributed by atoms with Crippen LogP contribution in [0.4, 0.5) is 0 Å². The Morgan fingerprint density at radius 2 is 1.85 bits per heavy atom. The number of rotatable bonds is 11. The van der Waals surface area contributed by atoms with Crippen molar-refractivity contribution < 1.29 is 33.7 Å². The highest BCUT2D eigenvalue weighted by Gasteiger charge is 2.18. The molecule has 2 amide bonds. The number of benzene rings is 2. The fraction of sp³-hybridized carbons (Fsp3) is 0.292. The molecule has 1 aliphatic rings. The summed E-state index contributed by atoms with van der Waals surface area (Å²) in [6, 6.07) is 11.9. The van der Waals surface area contributed by atoms with Crippen LogP contribution >= 0.6 is 0 Å². The lowest BCUT2D eigenvalue weighted by atomic mass is 10.1. The van der Waals surface area contributed by atoms with E-state index in [1.165, 1.54) is 7.11 Å². The maximum Gasteiger partial charge on any atom is 0.303 e. The second-order valence-electron chi connectivity index (χ2n) is 7.29. The van der Waals surface area contributed by atoms with Gasteiger partial charge in [-0.25, -0.2) is 0 Å². The molecule has 3 rings (SSSR count). The van der Waals surface area contributed by atoms with Crippen molar-refractivity contribution in [3.05, 3.63) is 59.3 Å². The van der Waals surface area contributed by atoms with E-state index in [0.29, 0.717) is 48.6 Å². The SMILES string of the molecule is COc1ccccc1C(=O)N/C(=C\c1ccc2c(c1)OCO2)C(=O)NCCCCCC(=O)O. The van der Waals surface area contributed by atoms with Gasteiger partial charge in [-0.15, -0.1) is 0 Å². The second-order valence-corrected chi connectivity index (χ2v) is 7.29. The Kier molecular flexibility index (Phi) is 8.29. The Balaban J connectivity index is 1.73. The number of nitrogens with one attached hydrogen (secondary N) is 2. The number of fused-ring (bicyclic) bond motifs is 1. The molecule has 0 unspecified atom stereocenters. The van der Waals surface area contributed by atoms with Crippen molar-refractivity contribution in [2.45, 2.75) is 25.7 Å². The molecule has 0 spiro atoms. The molecule has 2 aromatic rings. The molecule has 0 aromatic heterocycles. The summed E-state index contributed by atoms with van der Waals surface area (Å²) in [6.45, 7) is 0.476. The summed E-state index contributed by atoms with van der Waals surface area (Å²) in [6.07, 6.45) is 3.47. The molecule has 0 fully saturated rings. The average Bonchev–Trinajstić information content (AvgIpc) is 3.28. The maximum atomic E-state index is 12.9. The third kappa shape index (κ3) is 6.73. The summed E-state index contributed by atoms with van der Waals surface area (Å²) in [4.78, 5) is 36.3. The molecule has 174 valence electrons. The zero-order valence-corrected chi connectivity index (χ0v) is 18.3. The molecule has 0 radical (unpaired) electrons. The predicted octanol–water partition coefficient (Wildman–Crippen LogP) is 2.96. The zero-order valence-electron chi connectivity index (χ0n) is 18.3. The molecule has 9 nitrogen and oxygen atoms in total. The molecule has 33 heavy (non-hydrogen) atoms. The molecule has 0 saturated heterocycles. The van der Waals surface area contributed by atoms with Gasteiger partial charge < -0.3 is 30.0 Å². The third-order valence-electron chi connectivity index (χ3n) is 4.91. The molecule has 0 saturated carbocycles. The first-order valence-corrected chi connectivity index (χ1v) is 10.5. The van der Waals surface area contributed by atoms with E-state index in [2.05, 4.69) is 10.6 Å². The number of amides is 2. The van der Waals surface area contributed by atoms with Crippen LogP contribution in [-0.2, 0) is 9.59 Å². The van der Waals surface area contributed by atoms with E-state index in [9.17, 15) is 14.4 Å². The Morgan fingerprint density at radius 1 is 1.06 bits per heavy atom. The Labute approximate surface area is 191 Å². The Morgan fingerprint density at radius 3 is 2.64 bits per heavy atom. The fourth-order valence-corrected chi connectivity index (χ4v) is 3.22. The van der Waals surface area contributed by atoms with E-state index in [4.69, 9.17) is 19.3 Å². The number of ether oxygens (including phenoxy) is 3. The number of unbranched alkanes of at least 4 members (excludes halogenated alkanes) is 2. The largest absolute Gasteiger partial charge is 0.496 e. The Hall–Kier alpha value is -4.01. The molecule has 0 aliphatic carbocycles. The highest BCUT2D eigenvalue weighted by Crippen LogP contribution is 2.33. The first-order valence-electron chi connectivity index (χ1n) is 10.5. The lowest BCUT2D eigenvalue weighted by Crippen LogP contribution is -2.35. The van der Waals surface area contributed by atoms with Gasteiger partial charge in [0.15, 0.2) is 11.5 Å². The van der Waals surface area contributed by atoms with Crippen molar-refractivity contribution >= 4 is 23.9 Å². The molecule has 0 atom stereocenters. The minimum atomic E-state index is -0.841. The molecular weight excluding hydrogens is 428 g/mol.